The third-order valence-electron chi connectivity index (χ3n) is 2.94. The van der Waals surface area contributed by atoms with Crippen LogP contribution in [0.15, 0.2) is 35.5 Å². The summed E-state index contributed by atoms with van der Waals surface area (Å²) in [7, 11) is 0. The van der Waals surface area contributed by atoms with Gasteiger partial charge in [0.15, 0.2) is 0 Å². The Bertz CT molecular complexity index is 241. The lowest BCUT2D eigenvalue weighted by Gasteiger charge is -2.05. The van der Waals surface area contributed by atoms with Gasteiger partial charge in [0.2, 0.25) is 0 Å². The molecule has 0 saturated heterocycles. The van der Waals surface area contributed by atoms with Crippen molar-refractivity contribution in [3.8, 4) is 0 Å². The van der Waals surface area contributed by atoms with Crippen LogP contribution in [0.3, 0.4) is 0 Å². The maximum atomic E-state index is 2.28. The predicted octanol–water partition coefficient (Wildman–Crippen LogP) is 4.79. The van der Waals surface area contributed by atoms with Crippen LogP contribution in [0.4, 0.5) is 0 Å². The van der Waals surface area contributed by atoms with Gasteiger partial charge in [0.25, 0.3) is 0 Å². The first-order chi connectivity index (χ1) is 6.80. The van der Waals surface area contributed by atoms with Gasteiger partial charge in [-0.1, -0.05) is 48.3 Å². The molecule has 0 heterocycles. The Hall–Kier alpha value is -0.780. The minimum Gasteiger partial charge on any atom is -0.0845 e. The molecule has 0 amide bonds. The fraction of sp³-hybridized carbons (Fsp3) is 0.571. The van der Waals surface area contributed by atoms with Crippen molar-refractivity contribution in [3.63, 3.8) is 0 Å². The number of allylic oxidation sites excluding steroid dienone is 6. The van der Waals surface area contributed by atoms with Crippen molar-refractivity contribution in [2.75, 3.05) is 0 Å². The summed E-state index contributed by atoms with van der Waals surface area (Å²) in [6.07, 6.45) is 16.9. The van der Waals surface area contributed by atoms with Gasteiger partial charge in [-0.3, -0.25) is 0 Å². The van der Waals surface area contributed by atoms with Gasteiger partial charge in [0.05, 0.1) is 0 Å². The predicted molar refractivity (Wildman–Crippen MR) is 64.4 cm³/mol. The van der Waals surface area contributed by atoms with E-state index in [0.717, 1.165) is 0 Å². The van der Waals surface area contributed by atoms with E-state index in [4.69, 9.17) is 0 Å². The van der Waals surface area contributed by atoms with Crippen LogP contribution in [0.25, 0.3) is 0 Å². The summed E-state index contributed by atoms with van der Waals surface area (Å²) in [6, 6.07) is 0. The van der Waals surface area contributed by atoms with Crippen LogP contribution in [-0.2, 0) is 0 Å². The highest BCUT2D eigenvalue weighted by Crippen LogP contribution is 2.15. The summed E-state index contributed by atoms with van der Waals surface area (Å²) in [5.41, 5.74) is 2.99. The first kappa shape index (κ1) is 11.3. The second-order valence-corrected chi connectivity index (χ2v) is 4.20. The molecule has 78 valence electrons. The third kappa shape index (κ3) is 4.45. The number of hydrogen-bond donors (Lipinski definition) is 0. The molecule has 1 aliphatic rings. The number of hydrogen-bond acceptors (Lipinski definition) is 0. The molecular weight excluding hydrogens is 168 g/mol. The molecule has 0 aromatic heterocycles. The van der Waals surface area contributed by atoms with Gasteiger partial charge in [0, 0.05) is 0 Å². The molecule has 0 aromatic rings. The Morgan fingerprint density at radius 2 is 1.71 bits per heavy atom. The molecule has 0 radical (unpaired) electrons. The molecule has 0 spiro atoms. The summed E-state index contributed by atoms with van der Waals surface area (Å²) >= 11 is 0. The number of rotatable bonds is 0. The van der Waals surface area contributed by atoms with Crippen LogP contribution in [0.2, 0.25) is 0 Å². The molecule has 0 N–H and O–H groups in total. The zero-order chi connectivity index (χ0) is 10.2. The Morgan fingerprint density at radius 1 is 0.929 bits per heavy atom. The summed E-state index contributed by atoms with van der Waals surface area (Å²) in [5, 5.41) is 0. The Morgan fingerprint density at radius 3 is 2.57 bits per heavy atom. The quantitative estimate of drug-likeness (QED) is 0.515. The highest BCUT2D eigenvalue weighted by Gasteiger charge is 1.95. The van der Waals surface area contributed by atoms with E-state index in [1.54, 1.807) is 5.57 Å². The maximum absolute atomic E-state index is 2.28. The fourth-order valence-corrected chi connectivity index (χ4v) is 1.72. The van der Waals surface area contributed by atoms with Crippen LogP contribution in [0, 0.1) is 0 Å². The molecular formula is C14H22. The van der Waals surface area contributed by atoms with Crippen LogP contribution in [0.1, 0.15) is 52.4 Å². The zero-order valence-corrected chi connectivity index (χ0v) is 9.55. The SMILES string of the molecule is CC1=C(/C)CCCCCC/C=C/C=C\1. The van der Waals surface area contributed by atoms with Gasteiger partial charge in [-0.25, -0.2) is 0 Å². The molecule has 0 heteroatoms. The maximum Gasteiger partial charge on any atom is -0.0317 e. The molecule has 0 atom stereocenters. The zero-order valence-electron chi connectivity index (χ0n) is 9.55. The lowest BCUT2D eigenvalue weighted by Crippen LogP contribution is -1.85. The smallest absolute Gasteiger partial charge is 0.0317 e. The summed E-state index contributed by atoms with van der Waals surface area (Å²) in [6.45, 7) is 4.47. The first-order valence-electron chi connectivity index (χ1n) is 5.80. The van der Waals surface area contributed by atoms with Gasteiger partial charge in [-0.15, -0.1) is 0 Å². The minimum absolute atomic E-state index is 1.24. The molecule has 0 aliphatic heterocycles. The van der Waals surface area contributed by atoms with E-state index < -0.39 is 0 Å². The molecule has 1 aliphatic carbocycles. The van der Waals surface area contributed by atoms with Crippen LogP contribution in [0.5, 0.6) is 0 Å². The van der Waals surface area contributed by atoms with Crippen molar-refractivity contribution in [2.24, 2.45) is 0 Å². The van der Waals surface area contributed by atoms with Crippen LogP contribution >= 0.6 is 0 Å². The normalized spacial score (nSPS) is 30.1. The van der Waals surface area contributed by atoms with Crippen molar-refractivity contribution in [1.29, 1.82) is 0 Å². The van der Waals surface area contributed by atoms with E-state index in [1.165, 1.54) is 44.1 Å². The van der Waals surface area contributed by atoms with Crippen LogP contribution in [-0.4, -0.2) is 0 Å². The third-order valence-corrected chi connectivity index (χ3v) is 2.94. The lowest BCUT2D eigenvalue weighted by atomic mass is 10.0. The van der Waals surface area contributed by atoms with E-state index in [-0.39, 0.29) is 0 Å². The molecule has 0 unspecified atom stereocenters. The van der Waals surface area contributed by atoms with Crippen molar-refractivity contribution in [1.82, 2.24) is 0 Å². The fourth-order valence-electron chi connectivity index (χ4n) is 1.72. The molecule has 14 heavy (non-hydrogen) atoms. The molecule has 1 rings (SSSR count). The van der Waals surface area contributed by atoms with E-state index in [1.807, 2.05) is 0 Å². The van der Waals surface area contributed by atoms with Gasteiger partial charge < -0.3 is 0 Å². The van der Waals surface area contributed by atoms with E-state index >= 15 is 0 Å². The Labute approximate surface area is 88.4 Å². The summed E-state index contributed by atoms with van der Waals surface area (Å²) in [4.78, 5) is 0. The average molecular weight is 190 g/mol. The lowest BCUT2D eigenvalue weighted by molar-refractivity contribution is 0.643. The van der Waals surface area contributed by atoms with Crippen LogP contribution < -0.4 is 0 Å². The van der Waals surface area contributed by atoms with Crippen molar-refractivity contribution in [2.45, 2.75) is 52.4 Å². The van der Waals surface area contributed by atoms with E-state index in [0.29, 0.717) is 0 Å². The summed E-state index contributed by atoms with van der Waals surface area (Å²) in [5.74, 6) is 0. The topological polar surface area (TPSA) is 0 Å². The highest BCUT2D eigenvalue weighted by atomic mass is 14.0. The average Bonchev–Trinajstić information content (AvgIpc) is 2.18. The Balaban J connectivity index is 2.61. The largest absolute Gasteiger partial charge is 0.0845 e. The first-order valence-corrected chi connectivity index (χ1v) is 5.80. The molecule has 0 nitrogen and oxygen atoms in total. The molecule has 0 bridgehead atoms. The Kier molecular flexibility index (Phi) is 5.36. The molecule has 0 fully saturated rings. The highest BCUT2D eigenvalue weighted by molar-refractivity contribution is 5.25. The second kappa shape index (κ2) is 6.64. The van der Waals surface area contributed by atoms with E-state index in [2.05, 4.69) is 38.2 Å². The second-order valence-electron chi connectivity index (χ2n) is 4.20. The molecule has 0 saturated carbocycles. The van der Waals surface area contributed by atoms with E-state index in [9.17, 15) is 0 Å². The monoisotopic (exact) mass is 190 g/mol. The van der Waals surface area contributed by atoms with Gasteiger partial charge in [-0.2, -0.15) is 0 Å². The van der Waals surface area contributed by atoms with Gasteiger partial charge in [0.1, 0.15) is 0 Å². The van der Waals surface area contributed by atoms with Crippen molar-refractivity contribution in [3.05, 3.63) is 35.5 Å². The van der Waals surface area contributed by atoms with Gasteiger partial charge >= 0.3 is 0 Å². The van der Waals surface area contributed by atoms with Crippen molar-refractivity contribution < 1.29 is 0 Å². The van der Waals surface area contributed by atoms with Crippen molar-refractivity contribution >= 4 is 0 Å². The standard InChI is InChI=1S/C14H22/c1-13-11-9-7-5-3-4-6-8-10-12-14(13)2/h5,7,9,11H,3-4,6,8,10,12H2,1-2H3/b7-5+,11-9-,14-13+. The van der Waals surface area contributed by atoms with Gasteiger partial charge in [-0.05, 0) is 39.5 Å². The summed E-state index contributed by atoms with van der Waals surface area (Å²) < 4.78 is 0. The molecule has 0 aromatic carbocycles. The minimum atomic E-state index is 1.24.